The molecule has 2 heterocycles. The number of amides is 1. The third-order valence-electron chi connectivity index (χ3n) is 4.42. The molecule has 1 amide bonds. The molecule has 0 aliphatic rings. The highest BCUT2D eigenvalue weighted by molar-refractivity contribution is 7.99. The van der Waals surface area contributed by atoms with Crippen molar-refractivity contribution in [1.82, 2.24) is 25.0 Å². The van der Waals surface area contributed by atoms with Gasteiger partial charge >= 0.3 is 0 Å². The number of carbonyl (C=O) groups is 1. The first-order valence-corrected chi connectivity index (χ1v) is 11.2. The summed E-state index contributed by atoms with van der Waals surface area (Å²) in [5, 5.41) is 21.5. The van der Waals surface area contributed by atoms with Crippen LogP contribution in [0.2, 0.25) is 0 Å². The van der Waals surface area contributed by atoms with E-state index in [-0.39, 0.29) is 11.7 Å². The van der Waals surface area contributed by atoms with Gasteiger partial charge in [0, 0.05) is 18.0 Å². The van der Waals surface area contributed by atoms with Crippen LogP contribution < -0.4 is 10.1 Å². The molecule has 0 saturated heterocycles. The minimum Gasteiger partial charge on any atom is -0.497 e. The molecule has 2 aromatic heterocycles. The standard InChI is InChI=1S/C19H24N6O2S2/c1-5-12(3)25-15(6-2)21-24-19(25)28-11-16(26)20-18-23-22-17(29-18)13-7-9-14(27-4)10-8-13/h7-10,12H,5-6,11H2,1-4H3,(H,20,23,26). The van der Waals surface area contributed by atoms with Crippen molar-refractivity contribution in [2.45, 2.75) is 44.8 Å². The highest BCUT2D eigenvalue weighted by Crippen LogP contribution is 2.28. The Bertz CT molecular complexity index is 954. The molecule has 1 N–H and O–H groups in total. The van der Waals surface area contributed by atoms with Gasteiger partial charge in [0.25, 0.3) is 0 Å². The van der Waals surface area contributed by atoms with Gasteiger partial charge in [0.05, 0.1) is 12.9 Å². The summed E-state index contributed by atoms with van der Waals surface area (Å²) >= 11 is 2.71. The van der Waals surface area contributed by atoms with Gasteiger partial charge < -0.3 is 9.30 Å². The minimum absolute atomic E-state index is 0.149. The van der Waals surface area contributed by atoms with Gasteiger partial charge in [-0.05, 0) is 37.6 Å². The van der Waals surface area contributed by atoms with Crippen LogP contribution in [0.1, 0.15) is 39.1 Å². The number of rotatable bonds is 9. The number of nitrogens with one attached hydrogen (secondary N) is 1. The van der Waals surface area contributed by atoms with E-state index in [0.29, 0.717) is 11.2 Å². The molecular formula is C19H24N6O2S2. The molecule has 10 heteroatoms. The van der Waals surface area contributed by atoms with Crippen molar-refractivity contribution >= 4 is 34.1 Å². The van der Waals surface area contributed by atoms with E-state index in [1.165, 1.54) is 23.1 Å². The van der Waals surface area contributed by atoms with Crippen LogP contribution in [0.5, 0.6) is 5.75 Å². The highest BCUT2D eigenvalue weighted by Gasteiger charge is 2.17. The van der Waals surface area contributed by atoms with Gasteiger partial charge in [0.15, 0.2) is 5.16 Å². The summed E-state index contributed by atoms with van der Waals surface area (Å²) in [5.41, 5.74) is 0.923. The Balaban J connectivity index is 1.60. The topological polar surface area (TPSA) is 94.8 Å². The van der Waals surface area contributed by atoms with Crippen LogP contribution in [-0.2, 0) is 11.2 Å². The SMILES string of the molecule is CCc1nnc(SCC(=O)Nc2nnc(-c3ccc(OC)cc3)s2)n1C(C)CC. The first-order chi connectivity index (χ1) is 14.0. The van der Waals surface area contributed by atoms with Gasteiger partial charge in [-0.25, -0.2) is 0 Å². The lowest BCUT2D eigenvalue weighted by Crippen LogP contribution is -2.15. The van der Waals surface area contributed by atoms with Crippen LogP contribution in [0.3, 0.4) is 0 Å². The molecule has 0 bridgehead atoms. The minimum atomic E-state index is -0.149. The van der Waals surface area contributed by atoms with Gasteiger partial charge in [0.2, 0.25) is 11.0 Å². The molecule has 3 aromatic rings. The number of nitrogens with zero attached hydrogens (tertiary/aromatic N) is 5. The van der Waals surface area contributed by atoms with Crippen LogP contribution in [0.15, 0.2) is 29.4 Å². The van der Waals surface area contributed by atoms with Gasteiger partial charge in [-0.15, -0.1) is 20.4 Å². The Labute approximate surface area is 178 Å². The van der Waals surface area contributed by atoms with E-state index < -0.39 is 0 Å². The molecule has 1 unspecified atom stereocenters. The fraction of sp³-hybridized carbons (Fsp3) is 0.421. The Morgan fingerprint density at radius 1 is 1.21 bits per heavy atom. The normalized spacial score (nSPS) is 12.0. The van der Waals surface area contributed by atoms with Crippen molar-refractivity contribution in [2.75, 3.05) is 18.2 Å². The predicted octanol–water partition coefficient (Wildman–Crippen LogP) is 4.07. The maximum absolute atomic E-state index is 12.4. The van der Waals surface area contributed by atoms with E-state index in [2.05, 4.69) is 51.0 Å². The summed E-state index contributed by atoms with van der Waals surface area (Å²) in [7, 11) is 1.63. The lowest BCUT2D eigenvalue weighted by atomic mass is 10.2. The van der Waals surface area contributed by atoms with Crippen LogP contribution >= 0.6 is 23.1 Å². The average molecular weight is 433 g/mol. The smallest absolute Gasteiger partial charge is 0.236 e. The Kier molecular flexibility index (Phi) is 7.21. The number of thioether (sulfide) groups is 1. The molecule has 1 aromatic carbocycles. The monoisotopic (exact) mass is 432 g/mol. The largest absolute Gasteiger partial charge is 0.497 e. The molecule has 0 aliphatic heterocycles. The van der Waals surface area contributed by atoms with Crippen LogP contribution in [0, 0.1) is 0 Å². The zero-order valence-electron chi connectivity index (χ0n) is 16.9. The van der Waals surface area contributed by atoms with Gasteiger partial charge in [0.1, 0.15) is 16.6 Å². The summed E-state index contributed by atoms with van der Waals surface area (Å²) in [6.45, 7) is 6.32. The van der Waals surface area contributed by atoms with E-state index >= 15 is 0 Å². The zero-order valence-corrected chi connectivity index (χ0v) is 18.5. The maximum atomic E-state index is 12.4. The number of methoxy groups -OCH3 is 1. The second-order valence-electron chi connectivity index (χ2n) is 6.36. The summed E-state index contributed by atoms with van der Waals surface area (Å²) in [6, 6.07) is 7.84. The number of hydrogen-bond donors (Lipinski definition) is 1. The molecule has 154 valence electrons. The molecule has 0 radical (unpaired) electrons. The van der Waals surface area contributed by atoms with E-state index in [4.69, 9.17) is 4.74 Å². The molecule has 0 saturated carbocycles. The van der Waals surface area contributed by atoms with E-state index in [9.17, 15) is 4.79 Å². The third-order valence-corrected chi connectivity index (χ3v) is 6.25. The van der Waals surface area contributed by atoms with Gasteiger partial charge in [-0.1, -0.05) is 36.9 Å². The molecule has 8 nitrogen and oxygen atoms in total. The van der Waals surface area contributed by atoms with Crippen LogP contribution in [-0.4, -0.2) is 43.7 Å². The molecule has 1 atom stereocenters. The summed E-state index contributed by atoms with van der Waals surface area (Å²) in [4.78, 5) is 12.4. The summed E-state index contributed by atoms with van der Waals surface area (Å²) < 4.78 is 7.28. The third kappa shape index (κ3) is 5.13. The molecule has 29 heavy (non-hydrogen) atoms. The Morgan fingerprint density at radius 3 is 2.62 bits per heavy atom. The van der Waals surface area contributed by atoms with Crippen molar-refractivity contribution in [2.24, 2.45) is 0 Å². The fourth-order valence-electron chi connectivity index (χ4n) is 2.68. The molecule has 3 rings (SSSR count). The average Bonchev–Trinajstić information content (AvgIpc) is 3.38. The molecule has 0 aliphatic carbocycles. The van der Waals surface area contributed by atoms with E-state index in [0.717, 1.165) is 40.1 Å². The quantitative estimate of drug-likeness (QED) is 0.509. The van der Waals surface area contributed by atoms with E-state index in [1.54, 1.807) is 7.11 Å². The lowest BCUT2D eigenvalue weighted by Gasteiger charge is -2.15. The Morgan fingerprint density at radius 2 is 1.97 bits per heavy atom. The molecule has 0 fully saturated rings. The number of aromatic nitrogens is 5. The number of carbonyl (C=O) groups excluding carboxylic acids is 1. The summed E-state index contributed by atoms with van der Waals surface area (Å²) in [6.07, 6.45) is 1.78. The van der Waals surface area contributed by atoms with Gasteiger partial charge in [-0.2, -0.15) is 0 Å². The van der Waals surface area contributed by atoms with E-state index in [1.807, 2.05) is 24.3 Å². The summed E-state index contributed by atoms with van der Waals surface area (Å²) in [5.74, 6) is 1.80. The van der Waals surface area contributed by atoms with Crippen LogP contribution in [0.4, 0.5) is 5.13 Å². The number of ether oxygens (including phenoxy) is 1. The van der Waals surface area contributed by atoms with Crippen molar-refractivity contribution in [3.05, 3.63) is 30.1 Å². The number of benzene rings is 1. The molecule has 0 spiro atoms. The first-order valence-electron chi connectivity index (χ1n) is 9.40. The second kappa shape index (κ2) is 9.84. The van der Waals surface area contributed by atoms with Crippen molar-refractivity contribution < 1.29 is 9.53 Å². The maximum Gasteiger partial charge on any atom is 0.236 e. The Hall–Kier alpha value is -2.46. The van der Waals surface area contributed by atoms with Crippen molar-refractivity contribution in [3.8, 4) is 16.3 Å². The second-order valence-corrected chi connectivity index (χ2v) is 8.28. The van der Waals surface area contributed by atoms with Crippen molar-refractivity contribution in [1.29, 1.82) is 0 Å². The molecular weight excluding hydrogens is 408 g/mol. The van der Waals surface area contributed by atoms with Crippen LogP contribution in [0.25, 0.3) is 10.6 Å². The van der Waals surface area contributed by atoms with Crippen molar-refractivity contribution in [3.63, 3.8) is 0 Å². The number of aryl methyl sites for hydroxylation is 1. The zero-order chi connectivity index (χ0) is 20.8. The van der Waals surface area contributed by atoms with Gasteiger partial charge in [-0.3, -0.25) is 10.1 Å². The lowest BCUT2D eigenvalue weighted by molar-refractivity contribution is -0.113. The fourth-order valence-corrected chi connectivity index (χ4v) is 4.30. The first kappa shape index (κ1) is 21.3. The predicted molar refractivity (Wildman–Crippen MR) is 116 cm³/mol. The number of anilines is 1. The number of hydrogen-bond acceptors (Lipinski definition) is 8. The highest BCUT2D eigenvalue weighted by atomic mass is 32.2.